The van der Waals surface area contributed by atoms with Crippen molar-refractivity contribution in [3.63, 3.8) is 0 Å². The van der Waals surface area contributed by atoms with Gasteiger partial charge in [0.05, 0.1) is 6.20 Å². The lowest BCUT2D eigenvalue weighted by atomic mass is 10.3. The van der Waals surface area contributed by atoms with Crippen LogP contribution >= 0.6 is 0 Å². The third kappa shape index (κ3) is 1.75. The smallest absolute Gasteiger partial charge is 0.147 e. The second-order valence-electron chi connectivity index (χ2n) is 3.21. The van der Waals surface area contributed by atoms with E-state index >= 15 is 0 Å². The van der Waals surface area contributed by atoms with Crippen molar-refractivity contribution in [1.82, 2.24) is 9.97 Å². The van der Waals surface area contributed by atoms with Crippen molar-refractivity contribution in [2.75, 3.05) is 5.32 Å². The lowest BCUT2D eigenvalue weighted by Crippen LogP contribution is -2.06. The Morgan fingerprint density at radius 1 is 1.62 bits per heavy atom. The summed E-state index contributed by atoms with van der Waals surface area (Å²) in [4.78, 5) is 8.14. The van der Waals surface area contributed by atoms with E-state index in [2.05, 4.69) is 21.4 Å². The summed E-state index contributed by atoms with van der Waals surface area (Å²) in [6.07, 6.45) is 3.91. The monoisotopic (exact) mass is 174 g/mol. The van der Waals surface area contributed by atoms with Gasteiger partial charge >= 0.3 is 0 Å². The highest BCUT2D eigenvalue weighted by Crippen LogP contribution is 2.24. The molecule has 66 valence electrons. The Balaban J connectivity index is 2.29. The Hall–Kier alpha value is -1.63. The lowest BCUT2D eigenvalue weighted by molar-refractivity contribution is 1.01. The highest BCUT2D eigenvalue weighted by atomic mass is 15.1. The summed E-state index contributed by atoms with van der Waals surface area (Å²) in [5.41, 5.74) is 0.525. The van der Waals surface area contributed by atoms with Crippen LogP contribution in [0.5, 0.6) is 0 Å². The molecule has 4 heteroatoms. The zero-order chi connectivity index (χ0) is 9.26. The van der Waals surface area contributed by atoms with Crippen LogP contribution in [0.2, 0.25) is 0 Å². The van der Waals surface area contributed by atoms with Crippen LogP contribution in [-0.2, 0) is 0 Å². The van der Waals surface area contributed by atoms with E-state index in [1.807, 2.05) is 6.92 Å². The summed E-state index contributed by atoms with van der Waals surface area (Å²) >= 11 is 0. The fourth-order valence-corrected chi connectivity index (χ4v) is 1.08. The summed E-state index contributed by atoms with van der Waals surface area (Å²) in [5, 5.41) is 12.0. The van der Waals surface area contributed by atoms with E-state index < -0.39 is 0 Å². The van der Waals surface area contributed by atoms with E-state index in [1.54, 1.807) is 6.20 Å². The average Bonchev–Trinajstić information content (AvgIpc) is 2.89. The molecule has 1 aliphatic rings. The summed E-state index contributed by atoms with van der Waals surface area (Å²) in [5.74, 6) is 1.37. The zero-order valence-corrected chi connectivity index (χ0v) is 7.41. The molecule has 0 radical (unpaired) electrons. The van der Waals surface area contributed by atoms with Gasteiger partial charge in [-0.3, -0.25) is 0 Å². The first-order valence-electron chi connectivity index (χ1n) is 4.30. The minimum absolute atomic E-state index is 0.515. The maximum atomic E-state index is 8.77. The second-order valence-corrected chi connectivity index (χ2v) is 3.21. The number of aromatic nitrogens is 2. The van der Waals surface area contributed by atoms with Crippen LogP contribution in [0.25, 0.3) is 0 Å². The Kier molecular flexibility index (Phi) is 1.85. The number of rotatable bonds is 2. The molecule has 1 aromatic heterocycles. The largest absolute Gasteiger partial charge is 0.366 e. The fraction of sp³-hybridized carbons (Fsp3) is 0.444. The first kappa shape index (κ1) is 7.99. The predicted molar refractivity (Wildman–Crippen MR) is 48.1 cm³/mol. The molecule has 1 heterocycles. The van der Waals surface area contributed by atoms with Crippen molar-refractivity contribution < 1.29 is 0 Å². The molecule has 1 fully saturated rings. The number of nitriles is 1. The standard InChI is InChI=1S/C9H10N4/c1-6-11-5-7(4-10)9(12-6)13-8-2-3-8/h5,8H,2-3H2,1H3,(H,11,12,13). The molecule has 2 rings (SSSR count). The molecule has 1 aliphatic carbocycles. The molecular formula is C9H10N4. The summed E-state index contributed by atoms with van der Waals surface area (Å²) < 4.78 is 0. The Bertz CT molecular complexity index is 362. The van der Waals surface area contributed by atoms with Crippen molar-refractivity contribution >= 4 is 5.82 Å². The predicted octanol–water partition coefficient (Wildman–Crippen LogP) is 1.23. The quantitative estimate of drug-likeness (QED) is 0.732. The molecule has 0 amide bonds. The van der Waals surface area contributed by atoms with Gasteiger partial charge in [0.25, 0.3) is 0 Å². The number of nitrogens with zero attached hydrogens (tertiary/aromatic N) is 3. The normalized spacial score (nSPS) is 15.1. The van der Waals surface area contributed by atoms with Crippen molar-refractivity contribution in [3.8, 4) is 6.07 Å². The molecule has 0 bridgehead atoms. The average molecular weight is 174 g/mol. The molecule has 0 spiro atoms. The molecule has 0 unspecified atom stereocenters. The van der Waals surface area contributed by atoms with Crippen LogP contribution in [-0.4, -0.2) is 16.0 Å². The number of hydrogen-bond acceptors (Lipinski definition) is 4. The first-order valence-corrected chi connectivity index (χ1v) is 4.30. The zero-order valence-electron chi connectivity index (χ0n) is 7.41. The molecule has 0 saturated heterocycles. The van der Waals surface area contributed by atoms with E-state index in [1.165, 1.54) is 12.8 Å². The van der Waals surface area contributed by atoms with Crippen molar-refractivity contribution in [2.24, 2.45) is 0 Å². The van der Waals surface area contributed by atoms with Gasteiger partial charge in [-0.15, -0.1) is 0 Å². The molecule has 1 N–H and O–H groups in total. The van der Waals surface area contributed by atoms with Gasteiger partial charge in [-0.05, 0) is 19.8 Å². The van der Waals surface area contributed by atoms with Crippen LogP contribution in [0.1, 0.15) is 24.2 Å². The van der Waals surface area contributed by atoms with Gasteiger partial charge in [0.2, 0.25) is 0 Å². The lowest BCUT2D eigenvalue weighted by Gasteiger charge is -2.04. The van der Waals surface area contributed by atoms with Gasteiger partial charge in [-0.2, -0.15) is 5.26 Å². The van der Waals surface area contributed by atoms with Crippen LogP contribution in [0.4, 0.5) is 5.82 Å². The first-order chi connectivity index (χ1) is 6.29. The van der Waals surface area contributed by atoms with Gasteiger partial charge in [-0.25, -0.2) is 9.97 Å². The fourth-order valence-electron chi connectivity index (χ4n) is 1.08. The number of anilines is 1. The van der Waals surface area contributed by atoms with E-state index in [0.29, 0.717) is 23.2 Å². The molecule has 0 atom stereocenters. The van der Waals surface area contributed by atoms with Crippen LogP contribution in [0.15, 0.2) is 6.20 Å². The maximum Gasteiger partial charge on any atom is 0.147 e. The van der Waals surface area contributed by atoms with Crippen molar-refractivity contribution in [1.29, 1.82) is 5.26 Å². The Labute approximate surface area is 76.6 Å². The van der Waals surface area contributed by atoms with Gasteiger partial charge < -0.3 is 5.32 Å². The van der Waals surface area contributed by atoms with E-state index in [4.69, 9.17) is 5.26 Å². The molecule has 0 aromatic carbocycles. The summed E-state index contributed by atoms with van der Waals surface area (Å²) in [6.45, 7) is 1.82. The molecule has 13 heavy (non-hydrogen) atoms. The van der Waals surface area contributed by atoms with Crippen LogP contribution in [0.3, 0.4) is 0 Å². The van der Waals surface area contributed by atoms with Gasteiger partial charge in [-0.1, -0.05) is 0 Å². The van der Waals surface area contributed by atoms with Gasteiger partial charge in [0.15, 0.2) is 0 Å². The number of nitrogens with one attached hydrogen (secondary N) is 1. The topological polar surface area (TPSA) is 61.6 Å². The highest BCUT2D eigenvalue weighted by molar-refractivity contribution is 5.51. The van der Waals surface area contributed by atoms with Crippen LogP contribution < -0.4 is 5.32 Å². The minimum Gasteiger partial charge on any atom is -0.366 e. The molecule has 0 aliphatic heterocycles. The third-order valence-electron chi connectivity index (χ3n) is 1.95. The highest BCUT2D eigenvalue weighted by Gasteiger charge is 2.22. The van der Waals surface area contributed by atoms with E-state index in [0.717, 1.165) is 0 Å². The van der Waals surface area contributed by atoms with Crippen molar-refractivity contribution in [3.05, 3.63) is 17.6 Å². The SMILES string of the molecule is Cc1ncc(C#N)c(NC2CC2)n1. The second kappa shape index (κ2) is 3.02. The van der Waals surface area contributed by atoms with E-state index in [9.17, 15) is 0 Å². The van der Waals surface area contributed by atoms with Gasteiger partial charge in [0, 0.05) is 6.04 Å². The van der Waals surface area contributed by atoms with Gasteiger partial charge in [0.1, 0.15) is 23.3 Å². The number of aryl methyl sites for hydroxylation is 1. The maximum absolute atomic E-state index is 8.77. The summed E-state index contributed by atoms with van der Waals surface area (Å²) in [7, 11) is 0. The molecule has 1 saturated carbocycles. The minimum atomic E-state index is 0.515. The summed E-state index contributed by atoms with van der Waals surface area (Å²) in [6, 6.07) is 2.58. The third-order valence-corrected chi connectivity index (χ3v) is 1.95. The molecular weight excluding hydrogens is 164 g/mol. The van der Waals surface area contributed by atoms with Crippen LogP contribution in [0, 0.1) is 18.3 Å². The Morgan fingerprint density at radius 2 is 2.38 bits per heavy atom. The number of hydrogen-bond donors (Lipinski definition) is 1. The molecule has 4 nitrogen and oxygen atoms in total. The van der Waals surface area contributed by atoms with Crippen molar-refractivity contribution in [2.45, 2.75) is 25.8 Å². The molecule has 1 aromatic rings. The Morgan fingerprint density at radius 3 is 3.00 bits per heavy atom. The van der Waals surface area contributed by atoms with E-state index in [-0.39, 0.29) is 0 Å².